The summed E-state index contributed by atoms with van der Waals surface area (Å²) in [6, 6.07) is 9.19. The van der Waals surface area contributed by atoms with Crippen molar-refractivity contribution in [3.63, 3.8) is 0 Å². The number of carbonyl (C=O) groups excluding carboxylic acids is 2. The van der Waals surface area contributed by atoms with Crippen LogP contribution in [-0.4, -0.2) is 47.9 Å². The van der Waals surface area contributed by atoms with E-state index in [0.717, 1.165) is 18.5 Å². The lowest BCUT2D eigenvalue weighted by molar-refractivity contribution is -0.135. The Balaban J connectivity index is 1.97. The molecule has 5 nitrogen and oxygen atoms in total. The van der Waals surface area contributed by atoms with Gasteiger partial charge in [-0.1, -0.05) is 30.4 Å². The molecule has 1 atom stereocenters. The summed E-state index contributed by atoms with van der Waals surface area (Å²) in [6.45, 7) is 9.51. The smallest absolute Gasteiger partial charge is 0.321 e. The molecule has 1 aromatic carbocycles. The van der Waals surface area contributed by atoms with Crippen molar-refractivity contribution in [2.24, 2.45) is 5.92 Å². The first-order valence-electron chi connectivity index (χ1n) is 8.27. The fourth-order valence-electron chi connectivity index (χ4n) is 2.91. The highest BCUT2D eigenvalue weighted by molar-refractivity contribution is 5.90. The van der Waals surface area contributed by atoms with E-state index in [1.165, 1.54) is 0 Å². The van der Waals surface area contributed by atoms with Crippen molar-refractivity contribution in [2.75, 3.05) is 31.5 Å². The number of piperidine rings is 1. The number of hydrogen-bond acceptors (Lipinski definition) is 2. The van der Waals surface area contributed by atoms with E-state index in [2.05, 4.69) is 18.5 Å². The summed E-state index contributed by atoms with van der Waals surface area (Å²) in [5, 5.41) is 2.88. The van der Waals surface area contributed by atoms with Gasteiger partial charge in [0.25, 0.3) is 0 Å². The molecule has 0 aromatic heterocycles. The van der Waals surface area contributed by atoms with Gasteiger partial charge in [0, 0.05) is 31.9 Å². The van der Waals surface area contributed by atoms with E-state index in [4.69, 9.17) is 0 Å². The quantitative estimate of drug-likeness (QED) is 0.816. The number of nitrogens with zero attached hydrogens (tertiary/aromatic N) is 2. The van der Waals surface area contributed by atoms with Crippen LogP contribution in [0.1, 0.15) is 12.8 Å². The van der Waals surface area contributed by atoms with Crippen LogP contribution < -0.4 is 5.32 Å². The SMILES string of the molecule is C=CCN(CC=C)C(=O)C1CCCN(C(=O)Nc2ccccc2)C1. The Morgan fingerprint density at radius 2 is 1.88 bits per heavy atom. The fraction of sp³-hybridized carbons (Fsp3) is 0.368. The number of hydrogen-bond donors (Lipinski definition) is 1. The zero-order valence-electron chi connectivity index (χ0n) is 14.0. The lowest BCUT2D eigenvalue weighted by Gasteiger charge is -2.34. The van der Waals surface area contributed by atoms with Gasteiger partial charge in [-0.15, -0.1) is 13.2 Å². The first-order valence-corrected chi connectivity index (χ1v) is 8.27. The van der Waals surface area contributed by atoms with Crippen LogP contribution in [0.3, 0.4) is 0 Å². The van der Waals surface area contributed by atoms with Crippen molar-refractivity contribution in [2.45, 2.75) is 12.8 Å². The van der Waals surface area contributed by atoms with E-state index in [1.54, 1.807) is 22.0 Å². The Bertz CT molecular complexity index is 576. The van der Waals surface area contributed by atoms with Crippen LogP contribution in [-0.2, 0) is 4.79 Å². The van der Waals surface area contributed by atoms with E-state index in [0.29, 0.717) is 26.2 Å². The van der Waals surface area contributed by atoms with Gasteiger partial charge in [0.05, 0.1) is 5.92 Å². The summed E-state index contributed by atoms with van der Waals surface area (Å²) < 4.78 is 0. The van der Waals surface area contributed by atoms with E-state index >= 15 is 0 Å². The predicted molar refractivity (Wildman–Crippen MR) is 96.7 cm³/mol. The van der Waals surface area contributed by atoms with E-state index in [-0.39, 0.29) is 17.9 Å². The van der Waals surface area contributed by atoms with Gasteiger partial charge < -0.3 is 15.1 Å². The number of nitrogens with one attached hydrogen (secondary N) is 1. The average molecular weight is 327 g/mol. The minimum Gasteiger partial charge on any atom is -0.335 e. The number of para-hydroxylation sites is 1. The zero-order valence-corrected chi connectivity index (χ0v) is 14.0. The van der Waals surface area contributed by atoms with Crippen molar-refractivity contribution >= 4 is 17.6 Å². The Morgan fingerprint density at radius 3 is 2.50 bits per heavy atom. The number of rotatable bonds is 6. The third kappa shape index (κ3) is 4.72. The molecule has 1 aliphatic rings. The standard InChI is InChI=1S/C19H25N3O2/c1-3-12-21(13-4-2)18(23)16-9-8-14-22(15-16)19(24)20-17-10-6-5-7-11-17/h3-7,10-11,16H,1-2,8-9,12-15H2,(H,20,24). The highest BCUT2D eigenvalue weighted by Gasteiger charge is 2.30. The number of carbonyl (C=O) groups is 2. The first-order chi connectivity index (χ1) is 11.7. The Morgan fingerprint density at radius 1 is 1.21 bits per heavy atom. The second-order valence-corrected chi connectivity index (χ2v) is 5.90. The number of likely N-dealkylation sites (tertiary alicyclic amines) is 1. The third-order valence-electron chi connectivity index (χ3n) is 4.09. The first kappa shape index (κ1) is 17.8. The topological polar surface area (TPSA) is 52.7 Å². The fourth-order valence-corrected chi connectivity index (χ4v) is 2.91. The third-order valence-corrected chi connectivity index (χ3v) is 4.09. The van der Waals surface area contributed by atoms with Crippen molar-refractivity contribution in [1.29, 1.82) is 0 Å². The normalized spacial score (nSPS) is 17.0. The van der Waals surface area contributed by atoms with Crippen molar-refractivity contribution < 1.29 is 9.59 Å². The summed E-state index contributed by atoms with van der Waals surface area (Å²) >= 11 is 0. The van der Waals surface area contributed by atoms with Gasteiger partial charge in [0.15, 0.2) is 0 Å². The molecule has 1 unspecified atom stereocenters. The van der Waals surface area contributed by atoms with Crippen LogP contribution in [0.2, 0.25) is 0 Å². The summed E-state index contributed by atoms with van der Waals surface area (Å²) in [5.74, 6) is -0.104. The second kappa shape index (κ2) is 8.91. The van der Waals surface area contributed by atoms with Gasteiger partial charge in [0.2, 0.25) is 5.91 Å². The van der Waals surface area contributed by atoms with Crippen molar-refractivity contribution in [3.05, 3.63) is 55.6 Å². The van der Waals surface area contributed by atoms with Crippen molar-refractivity contribution in [1.82, 2.24) is 9.80 Å². The lowest BCUT2D eigenvalue weighted by Crippen LogP contribution is -2.48. The molecule has 0 radical (unpaired) electrons. The minimum absolute atomic E-state index is 0.0620. The Hall–Kier alpha value is -2.56. The number of benzene rings is 1. The van der Waals surface area contributed by atoms with Gasteiger partial charge in [-0.2, -0.15) is 0 Å². The van der Waals surface area contributed by atoms with Crippen LogP contribution in [0, 0.1) is 5.92 Å². The molecule has 1 aromatic rings. The Kier molecular flexibility index (Phi) is 6.61. The molecular weight excluding hydrogens is 302 g/mol. The van der Waals surface area contributed by atoms with Crippen LogP contribution >= 0.6 is 0 Å². The highest BCUT2D eigenvalue weighted by Crippen LogP contribution is 2.20. The molecule has 1 heterocycles. The minimum atomic E-state index is -0.167. The largest absolute Gasteiger partial charge is 0.335 e. The van der Waals surface area contributed by atoms with Crippen LogP contribution in [0.4, 0.5) is 10.5 Å². The van der Waals surface area contributed by atoms with Crippen molar-refractivity contribution in [3.8, 4) is 0 Å². The van der Waals surface area contributed by atoms with Gasteiger partial charge >= 0.3 is 6.03 Å². The predicted octanol–water partition coefficient (Wildman–Crippen LogP) is 3.13. The molecule has 3 amide bonds. The maximum Gasteiger partial charge on any atom is 0.321 e. The Labute approximate surface area is 143 Å². The van der Waals surface area contributed by atoms with E-state index in [9.17, 15) is 9.59 Å². The molecular formula is C19H25N3O2. The second-order valence-electron chi connectivity index (χ2n) is 5.90. The zero-order chi connectivity index (χ0) is 17.4. The molecule has 0 spiro atoms. The van der Waals surface area contributed by atoms with Gasteiger partial charge in [0.1, 0.15) is 0 Å². The molecule has 1 aliphatic heterocycles. The molecule has 1 saturated heterocycles. The lowest BCUT2D eigenvalue weighted by atomic mass is 9.96. The van der Waals surface area contributed by atoms with Gasteiger partial charge in [-0.3, -0.25) is 4.79 Å². The molecule has 5 heteroatoms. The molecule has 1 fully saturated rings. The molecule has 2 rings (SSSR count). The molecule has 24 heavy (non-hydrogen) atoms. The van der Waals surface area contributed by atoms with Gasteiger partial charge in [-0.05, 0) is 25.0 Å². The molecule has 0 aliphatic carbocycles. The number of amides is 3. The maximum atomic E-state index is 12.7. The molecule has 1 N–H and O–H groups in total. The van der Waals surface area contributed by atoms with Gasteiger partial charge in [-0.25, -0.2) is 4.79 Å². The van der Waals surface area contributed by atoms with Crippen LogP contribution in [0.25, 0.3) is 0 Å². The average Bonchev–Trinajstić information content (AvgIpc) is 2.62. The molecule has 0 bridgehead atoms. The monoisotopic (exact) mass is 327 g/mol. The summed E-state index contributed by atoms with van der Waals surface area (Å²) in [5.41, 5.74) is 0.760. The highest BCUT2D eigenvalue weighted by atomic mass is 16.2. The summed E-state index contributed by atoms with van der Waals surface area (Å²) in [7, 11) is 0. The summed E-state index contributed by atoms with van der Waals surface area (Å²) in [4.78, 5) is 28.5. The number of anilines is 1. The van der Waals surface area contributed by atoms with E-state index in [1.807, 2.05) is 30.3 Å². The van der Waals surface area contributed by atoms with E-state index < -0.39 is 0 Å². The van der Waals surface area contributed by atoms with Crippen LogP contribution in [0.15, 0.2) is 55.6 Å². The number of urea groups is 1. The summed E-state index contributed by atoms with van der Waals surface area (Å²) in [6.07, 6.45) is 5.06. The molecule has 128 valence electrons. The molecule has 0 saturated carbocycles. The van der Waals surface area contributed by atoms with Crippen LogP contribution in [0.5, 0.6) is 0 Å². The maximum absolute atomic E-state index is 12.7.